The van der Waals surface area contributed by atoms with E-state index in [1.165, 1.54) is 18.1 Å². The molecule has 1 heterocycles. The summed E-state index contributed by atoms with van der Waals surface area (Å²) in [6, 6.07) is 3.74. The van der Waals surface area contributed by atoms with Gasteiger partial charge in [-0.25, -0.2) is 8.78 Å². The molecule has 1 amide bonds. The van der Waals surface area contributed by atoms with Gasteiger partial charge in [-0.05, 0) is 37.1 Å². The maximum absolute atomic E-state index is 13.2. The van der Waals surface area contributed by atoms with Crippen molar-refractivity contribution in [2.75, 3.05) is 11.9 Å². The predicted molar refractivity (Wildman–Crippen MR) is 85.4 cm³/mol. The number of nitrogens with zero attached hydrogens (tertiary/aromatic N) is 2. The van der Waals surface area contributed by atoms with Crippen LogP contribution in [0.1, 0.15) is 11.3 Å². The van der Waals surface area contributed by atoms with Gasteiger partial charge in [0.05, 0.1) is 28.6 Å². The lowest BCUT2D eigenvalue weighted by Crippen LogP contribution is -2.43. The van der Waals surface area contributed by atoms with Gasteiger partial charge in [-0.15, -0.1) is 0 Å². The average molecular weight is 340 g/mol. The number of hydrogen-bond donors (Lipinski definition) is 1. The maximum Gasteiger partial charge on any atom is 0.244 e. The smallest absolute Gasteiger partial charge is 0.244 e. The molecule has 23 heavy (non-hydrogen) atoms. The number of anilines is 1. The van der Waals surface area contributed by atoms with E-state index in [1.807, 2.05) is 0 Å². The summed E-state index contributed by atoms with van der Waals surface area (Å²) in [7, 11) is 1.54. The van der Waals surface area contributed by atoms with Crippen molar-refractivity contribution in [3.63, 3.8) is 0 Å². The summed E-state index contributed by atoms with van der Waals surface area (Å²) in [6.07, 6.45) is 1.53. The van der Waals surface area contributed by atoms with Crippen LogP contribution in [0.2, 0.25) is 5.02 Å². The summed E-state index contributed by atoms with van der Waals surface area (Å²) in [5, 5.41) is 0.433. The van der Waals surface area contributed by atoms with Crippen LogP contribution < -0.4 is 10.6 Å². The van der Waals surface area contributed by atoms with Gasteiger partial charge in [-0.2, -0.15) is 0 Å². The number of aromatic nitrogens is 1. The van der Waals surface area contributed by atoms with Gasteiger partial charge >= 0.3 is 0 Å². The standard InChI is InChI=1S/C16H16ClF2N3O/c1-9-14(17)7-13(8-21-9)22(2)16(23)15(20)5-10-3-11(18)6-12(19)4-10/h3-4,6-8,15H,5,20H2,1-2H3/t15-/m0/s1. The van der Waals surface area contributed by atoms with Gasteiger partial charge in [-0.1, -0.05) is 11.6 Å². The van der Waals surface area contributed by atoms with Crippen LogP contribution in [0.4, 0.5) is 14.5 Å². The minimum Gasteiger partial charge on any atom is -0.320 e. The molecule has 0 aliphatic rings. The Morgan fingerprint density at radius 3 is 2.48 bits per heavy atom. The lowest BCUT2D eigenvalue weighted by Gasteiger charge is -2.21. The van der Waals surface area contributed by atoms with Crippen LogP contribution in [0, 0.1) is 18.6 Å². The van der Waals surface area contributed by atoms with Gasteiger partial charge in [0.25, 0.3) is 0 Å². The minimum absolute atomic E-state index is 0.0187. The van der Waals surface area contributed by atoms with Gasteiger partial charge < -0.3 is 10.6 Å². The fraction of sp³-hybridized carbons (Fsp3) is 0.250. The first-order valence-corrected chi connectivity index (χ1v) is 7.26. The van der Waals surface area contributed by atoms with Crippen molar-refractivity contribution in [1.82, 2.24) is 4.98 Å². The van der Waals surface area contributed by atoms with E-state index in [-0.39, 0.29) is 6.42 Å². The highest BCUT2D eigenvalue weighted by molar-refractivity contribution is 6.31. The topological polar surface area (TPSA) is 59.2 Å². The zero-order valence-electron chi connectivity index (χ0n) is 12.7. The molecule has 2 N–H and O–H groups in total. The normalized spacial score (nSPS) is 12.1. The number of halogens is 3. The molecule has 0 spiro atoms. The van der Waals surface area contributed by atoms with Crippen LogP contribution in [0.15, 0.2) is 30.5 Å². The van der Waals surface area contributed by atoms with Crippen molar-refractivity contribution in [3.8, 4) is 0 Å². The first-order chi connectivity index (χ1) is 10.8. The van der Waals surface area contributed by atoms with Crippen LogP contribution in [-0.4, -0.2) is 24.0 Å². The Labute approximate surface area is 137 Å². The molecule has 2 rings (SSSR count). The summed E-state index contributed by atoms with van der Waals surface area (Å²) in [4.78, 5) is 17.8. The number of likely N-dealkylation sites (N-methyl/N-ethyl adjacent to an activating group) is 1. The summed E-state index contributed by atoms with van der Waals surface area (Å²) < 4.78 is 26.4. The molecule has 122 valence electrons. The van der Waals surface area contributed by atoms with Gasteiger partial charge in [-0.3, -0.25) is 9.78 Å². The number of hydrogen-bond acceptors (Lipinski definition) is 3. The molecule has 0 fully saturated rings. The number of nitrogens with two attached hydrogens (primary N) is 1. The second-order valence-electron chi connectivity index (χ2n) is 5.25. The lowest BCUT2D eigenvalue weighted by molar-refractivity contribution is -0.119. The quantitative estimate of drug-likeness (QED) is 0.931. The van der Waals surface area contributed by atoms with E-state index in [0.717, 1.165) is 18.2 Å². The monoisotopic (exact) mass is 339 g/mol. The summed E-state index contributed by atoms with van der Waals surface area (Å²) in [5.74, 6) is -1.82. The molecule has 0 bridgehead atoms. The molecule has 2 aromatic rings. The Morgan fingerprint density at radius 1 is 1.30 bits per heavy atom. The molecule has 1 aromatic carbocycles. The van der Waals surface area contributed by atoms with E-state index < -0.39 is 23.6 Å². The van der Waals surface area contributed by atoms with E-state index in [9.17, 15) is 13.6 Å². The number of carbonyl (C=O) groups is 1. The highest BCUT2D eigenvalue weighted by Gasteiger charge is 2.21. The molecular weight excluding hydrogens is 324 g/mol. The Kier molecular flexibility index (Phi) is 5.28. The molecule has 0 aliphatic carbocycles. The number of aryl methyl sites for hydroxylation is 1. The van der Waals surface area contributed by atoms with Crippen molar-refractivity contribution in [1.29, 1.82) is 0 Å². The third-order valence-corrected chi connectivity index (χ3v) is 3.81. The molecule has 0 saturated heterocycles. The number of pyridine rings is 1. The van der Waals surface area contributed by atoms with Crippen molar-refractivity contribution in [2.45, 2.75) is 19.4 Å². The van der Waals surface area contributed by atoms with E-state index in [4.69, 9.17) is 17.3 Å². The van der Waals surface area contributed by atoms with Crippen molar-refractivity contribution in [2.24, 2.45) is 5.73 Å². The van der Waals surface area contributed by atoms with Gasteiger partial charge in [0, 0.05) is 13.1 Å². The van der Waals surface area contributed by atoms with E-state index in [2.05, 4.69) is 4.98 Å². The van der Waals surface area contributed by atoms with Crippen LogP contribution in [0.5, 0.6) is 0 Å². The SMILES string of the molecule is Cc1ncc(N(C)C(=O)[C@@H](N)Cc2cc(F)cc(F)c2)cc1Cl. The summed E-state index contributed by atoms with van der Waals surface area (Å²) in [5.41, 5.74) is 7.32. The molecule has 1 aromatic heterocycles. The fourth-order valence-electron chi connectivity index (χ4n) is 2.13. The number of amides is 1. The summed E-state index contributed by atoms with van der Waals surface area (Å²) >= 11 is 5.99. The first-order valence-electron chi connectivity index (χ1n) is 6.88. The van der Waals surface area contributed by atoms with E-state index >= 15 is 0 Å². The Hall–Kier alpha value is -2.05. The maximum atomic E-state index is 13.2. The second-order valence-corrected chi connectivity index (χ2v) is 5.65. The molecule has 0 unspecified atom stereocenters. The van der Waals surface area contributed by atoms with Gasteiger partial charge in [0.15, 0.2) is 0 Å². The van der Waals surface area contributed by atoms with Crippen molar-refractivity contribution in [3.05, 3.63) is 58.4 Å². The highest BCUT2D eigenvalue weighted by atomic mass is 35.5. The van der Waals surface area contributed by atoms with Crippen molar-refractivity contribution < 1.29 is 13.6 Å². The van der Waals surface area contributed by atoms with Gasteiger partial charge in [0.2, 0.25) is 5.91 Å². The second kappa shape index (κ2) is 7.02. The zero-order valence-corrected chi connectivity index (χ0v) is 13.4. The van der Waals surface area contributed by atoms with E-state index in [0.29, 0.717) is 22.0 Å². The zero-order chi connectivity index (χ0) is 17.1. The molecule has 0 saturated carbocycles. The van der Waals surface area contributed by atoms with E-state index in [1.54, 1.807) is 13.0 Å². The Morgan fingerprint density at radius 2 is 1.91 bits per heavy atom. The lowest BCUT2D eigenvalue weighted by atomic mass is 10.1. The minimum atomic E-state index is -0.943. The van der Waals surface area contributed by atoms with Crippen LogP contribution in [0.25, 0.3) is 0 Å². The molecule has 1 atom stereocenters. The highest BCUT2D eigenvalue weighted by Crippen LogP contribution is 2.21. The van der Waals surface area contributed by atoms with Crippen LogP contribution in [-0.2, 0) is 11.2 Å². The number of benzene rings is 1. The largest absolute Gasteiger partial charge is 0.320 e. The average Bonchev–Trinajstić information content (AvgIpc) is 2.47. The molecule has 7 heteroatoms. The summed E-state index contributed by atoms with van der Waals surface area (Å²) in [6.45, 7) is 1.75. The Bertz CT molecular complexity index is 719. The third kappa shape index (κ3) is 4.24. The van der Waals surface area contributed by atoms with Crippen molar-refractivity contribution >= 4 is 23.2 Å². The fourth-order valence-corrected chi connectivity index (χ4v) is 2.29. The third-order valence-electron chi connectivity index (χ3n) is 3.42. The number of carbonyl (C=O) groups excluding carboxylic acids is 1. The number of rotatable bonds is 4. The Balaban J connectivity index is 2.13. The molecular formula is C16H16ClF2N3O. The molecule has 0 aliphatic heterocycles. The van der Waals surface area contributed by atoms with Crippen LogP contribution >= 0.6 is 11.6 Å². The van der Waals surface area contributed by atoms with Gasteiger partial charge in [0.1, 0.15) is 11.6 Å². The molecule has 0 radical (unpaired) electrons. The van der Waals surface area contributed by atoms with Crippen LogP contribution in [0.3, 0.4) is 0 Å². The predicted octanol–water partition coefficient (Wildman–Crippen LogP) is 2.85. The first kappa shape index (κ1) is 17.3. The molecule has 4 nitrogen and oxygen atoms in total.